The summed E-state index contributed by atoms with van der Waals surface area (Å²) in [6.07, 6.45) is 5.12. The summed E-state index contributed by atoms with van der Waals surface area (Å²) >= 11 is 8.95. The molecule has 0 bridgehead atoms. The van der Waals surface area contributed by atoms with Crippen LogP contribution < -0.4 is 11.0 Å². The number of thioether (sulfide) groups is 1. The molecule has 4 aromatic rings. The van der Waals surface area contributed by atoms with Crippen LogP contribution >= 0.6 is 34.7 Å². The largest absolute Gasteiger partial charge is 0.502 e. The molecular formula is C22H17ClN2O4S2. The fourth-order valence-electron chi connectivity index (χ4n) is 3.76. The summed E-state index contributed by atoms with van der Waals surface area (Å²) in [5.41, 5.74) is 1.20. The molecule has 5 rings (SSSR count). The topological polar surface area (TPSA) is 85.3 Å². The number of benzene rings is 1. The third-order valence-electron chi connectivity index (χ3n) is 5.25. The van der Waals surface area contributed by atoms with Crippen molar-refractivity contribution in [2.75, 3.05) is 0 Å². The first-order valence-electron chi connectivity index (χ1n) is 9.78. The van der Waals surface area contributed by atoms with E-state index in [2.05, 4.69) is 0 Å². The lowest BCUT2D eigenvalue weighted by molar-refractivity contribution is 0.419. The van der Waals surface area contributed by atoms with Crippen LogP contribution in [0.2, 0.25) is 5.02 Å². The summed E-state index contributed by atoms with van der Waals surface area (Å²) in [6.45, 7) is 0. The minimum absolute atomic E-state index is 0.0959. The van der Waals surface area contributed by atoms with Gasteiger partial charge in [-0.2, -0.15) is 0 Å². The predicted molar refractivity (Wildman–Crippen MR) is 123 cm³/mol. The highest BCUT2D eigenvalue weighted by molar-refractivity contribution is 7.98. The summed E-state index contributed by atoms with van der Waals surface area (Å²) in [6, 6.07) is 8.31. The lowest BCUT2D eigenvalue weighted by Gasteiger charge is -2.13. The molecule has 0 aliphatic heterocycles. The highest BCUT2D eigenvalue weighted by Gasteiger charge is 2.23. The first-order chi connectivity index (χ1) is 15.0. The van der Waals surface area contributed by atoms with Gasteiger partial charge >= 0.3 is 0 Å². The van der Waals surface area contributed by atoms with Gasteiger partial charge in [0.1, 0.15) is 16.9 Å². The molecule has 0 spiro atoms. The van der Waals surface area contributed by atoms with Crippen molar-refractivity contribution in [3.8, 4) is 11.4 Å². The zero-order chi connectivity index (χ0) is 21.5. The van der Waals surface area contributed by atoms with Gasteiger partial charge in [0, 0.05) is 16.0 Å². The smallest absolute Gasteiger partial charge is 0.267 e. The second-order valence-corrected chi connectivity index (χ2v) is 9.75. The zero-order valence-electron chi connectivity index (χ0n) is 16.3. The highest BCUT2D eigenvalue weighted by atomic mass is 35.5. The van der Waals surface area contributed by atoms with Gasteiger partial charge in [0.15, 0.2) is 10.9 Å². The molecule has 1 aromatic carbocycles. The zero-order valence-corrected chi connectivity index (χ0v) is 18.6. The van der Waals surface area contributed by atoms with Gasteiger partial charge in [-0.15, -0.1) is 11.3 Å². The van der Waals surface area contributed by atoms with E-state index in [1.54, 1.807) is 40.2 Å². The Morgan fingerprint density at radius 2 is 1.97 bits per heavy atom. The molecule has 158 valence electrons. The normalized spacial score (nSPS) is 13.5. The van der Waals surface area contributed by atoms with Crippen LogP contribution in [0.4, 0.5) is 0 Å². The van der Waals surface area contributed by atoms with Crippen LogP contribution in [0.5, 0.6) is 5.75 Å². The molecule has 9 heteroatoms. The average molecular weight is 473 g/mol. The summed E-state index contributed by atoms with van der Waals surface area (Å²) in [7, 11) is 0. The van der Waals surface area contributed by atoms with E-state index in [9.17, 15) is 14.7 Å². The first kappa shape index (κ1) is 20.4. The quantitative estimate of drug-likeness (QED) is 0.335. The number of rotatable bonds is 4. The number of aryl methyl sites for hydroxylation is 2. The van der Waals surface area contributed by atoms with Crippen LogP contribution in [0, 0.1) is 0 Å². The van der Waals surface area contributed by atoms with Gasteiger partial charge in [-0.1, -0.05) is 23.4 Å². The second kappa shape index (κ2) is 8.18. The van der Waals surface area contributed by atoms with Gasteiger partial charge in [0.25, 0.3) is 5.56 Å². The van der Waals surface area contributed by atoms with Crippen molar-refractivity contribution in [3.63, 3.8) is 0 Å². The standard InChI is InChI=1S/C22H17ClN2O4S2/c23-12-5-7-13(8-6-12)25-21(28)19-15-3-1-2-4-18(15)31-20(19)24-22(25)30-11-14-9-16(26)17(27)10-29-14/h5-10,27H,1-4,11H2. The number of hydrogen-bond acceptors (Lipinski definition) is 7. The Hall–Kier alpha value is -2.55. The van der Waals surface area contributed by atoms with Gasteiger partial charge in [0.05, 0.1) is 16.8 Å². The molecular weight excluding hydrogens is 456 g/mol. The highest BCUT2D eigenvalue weighted by Crippen LogP contribution is 2.35. The molecule has 0 saturated heterocycles. The van der Waals surface area contributed by atoms with Crippen molar-refractivity contribution in [1.82, 2.24) is 9.55 Å². The third kappa shape index (κ3) is 3.79. The van der Waals surface area contributed by atoms with E-state index >= 15 is 0 Å². The summed E-state index contributed by atoms with van der Waals surface area (Å²) in [5.74, 6) is 0.234. The SMILES string of the molecule is O=c1cc(CSc2nc3sc4c(c3c(=O)n2-c2ccc(Cl)cc2)CCCC4)occ1O. The number of thiophene rings is 1. The van der Waals surface area contributed by atoms with Crippen molar-refractivity contribution in [3.05, 3.63) is 78.4 Å². The van der Waals surface area contributed by atoms with E-state index in [1.165, 1.54) is 22.7 Å². The molecule has 3 aromatic heterocycles. The van der Waals surface area contributed by atoms with E-state index in [-0.39, 0.29) is 11.3 Å². The Bertz CT molecular complexity index is 1410. The molecule has 0 saturated carbocycles. The van der Waals surface area contributed by atoms with Gasteiger partial charge in [0.2, 0.25) is 5.43 Å². The number of halogens is 1. The van der Waals surface area contributed by atoms with Crippen molar-refractivity contribution in [2.24, 2.45) is 0 Å². The van der Waals surface area contributed by atoms with Gasteiger partial charge in [-0.25, -0.2) is 4.98 Å². The predicted octanol–water partition coefficient (Wildman–Crippen LogP) is 4.93. The fraction of sp³-hybridized carbons (Fsp3) is 0.227. The van der Waals surface area contributed by atoms with Crippen LogP contribution in [0.1, 0.15) is 29.0 Å². The molecule has 3 heterocycles. The molecule has 0 fully saturated rings. The van der Waals surface area contributed by atoms with E-state index in [0.29, 0.717) is 27.0 Å². The molecule has 31 heavy (non-hydrogen) atoms. The number of hydrogen-bond donors (Lipinski definition) is 1. The van der Waals surface area contributed by atoms with E-state index in [1.807, 2.05) is 0 Å². The summed E-state index contributed by atoms with van der Waals surface area (Å²) in [5, 5.41) is 11.2. The Morgan fingerprint density at radius 1 is 1.19 bits per heavy atom. The lowest BCUT2D eigenvalue weighted by Crippen LogP contribution is -2.22. The molecule has 0 unspecified atom stereocenters. The monoisotopic (exact) mass is 472 g/mol. The Balaban J connectivity index is 1.65. The third-order valence-corrected chi connectivity index (χ3v) is 7.65. The molecule has 0 radical (unpaired) electrons. The van der Waals surface area contributed by atoms with Gasteiger partial charge < -0.3 is 9.52 Å². The molecule has 1 aliphatic carbocycles. The summed E-state index contributed by atoms with van der Waals surface area (Å²) in [4.78, 5) is 32.2. The van der Waals surface area contributed by atoms with Crippen LogP contribution in [0.15, 0.2) is 55.8 Å². The average Bonchev–Trinajstić information content (AvgIpc) is 3.14. The Labute approximate surface area is 190 Å². The van der Waals surface area contributed by atoms with Crippen molar-refractivity contribution in [2.45, 2.75) is 36.6 Å². The number of aromatic nitrogens is 2. The van der Waals surface area contributed by atoms with Crippen LogP contribution in [0.3, 0.4) is 0 Å². The lowest BCUT2D eigenvalue weighted by atomic mass is 9.97. The second-order valence-electron chi connectivity index (χ2n) is 7.29. The molecule has 1 aliphatic rings. The number of aromatic hydroxyl groups is 1. The maximum Gasteiger partial charge on any atom is 0.267 e. The molecule has 0 atom stereocenters. The van der Waals surface area contributed by atoms with E-state index in [0.717, 1.165) is 42.3 Å². The summed E-state index contributed by atoms with van der Waals surface area (Å²) < 4.78 is 6.91. The van der Waals surface area contributed by atoms with E-state index < -0.39 is 11.2 Å². The van der Waals surface area contributed by atoms with Crippen molar-refractivity contribution < 1.29 is 9.52 Å². The minimum atomic E-state index is -0.508. The van der Waals surface area contributed by atoms with Gasteiger partial charge in [-0.3, -0.25) is 14.2 Å². The first-order valence-corrected chi connectivity index (χ1v) is 12.0. The van der Waals surface area contributed by atoms with Crippen molar-refractivity contribution in [1.29, 1.82) is 0 Å². The number of fused-ring (bicyclic) bond motifs is 3. The van der Waals surface area contributed by atoms with Crippen LogP contribution in [-0.2, 0) is 18.6 Å². The number of nitrogens with zero attached hydrogens (tertiary/aromatic N) is 2. The van der Waals surface area contributed by atoms with E-state index in [4.69, 9.17) is 21.0 Å². The Kier molecular flexibility index (Phi) is 5.37. The van der Waals surface area contributed by atoms with Gasteiger partial charge in [-0.05, 0) is 55.5 Å². The maximum absolute atomic E-state index is 13.7. The minimum Gasteiger partial charge on any atom is -0.502 e. The Morgan fingerprint density at radius 3 is 2.74 bits per heavy atom. The molecule has 6 nitrogen and oxygen atoms in total. The van der Waals surface area contributed by atoms with Crippen LogP contribution in [-0.4, -0.2) is 14.7 Å². The molecule has 1 N–H and O–H groups in total. The van der Waals surface area contributed by atoms with Crippen LogP contribution in [0.25, 0.3) is 15.9 Å². The fourth-order valence-corrected chi connectivity index (χ4v) is 6.09. The van der Waals surface area contributed by atoms with Crippen molar-refractivity contribution >= 4 is 44.9 Å². The maximum atomic E-state index is 13.7. The molecule has 0 amide bonds.